The van der Waals surface area contributed by atoms with Crippen LogP contribution in [0.25, 0.3) is 10.6 Å². The molecular formula is C23H24N6O2S. The molecule has 0 unspecified atom stereocenters. The van der Waals surface area contributed by atoms with Gasteiger partial charge in [0.1, 0.15) is 0 Å². The van der Waals surface area contributed by atoms with Crippen LogP contribution < -0.4 is 5.56 Å². The molecule has 1 aliphatic heterocycles. The predicted octanol–water partition coefficient (Wildman–Crippen LogP) is 2.52. The Labute approximate surface area is 189 Å². The first-order chi connectivity index (χ1) is 15.5. The molecule has 9 heteroatoms. The van der Waals surface area contributed by atoms with Crippen LogP contribution in [0.3, 0.4) is 0 Å². The molecule has 8 nitrogen and oxygen atoms in total. The van der Waals surface area contributed by atoms with Crippen molar-refractivity contribution in [3.63, 3.8) is 0 Å². The van der Waals surface area contributed by atoms with E-state index < -0.39 is 0 Å². The molecule has 0 spiro atoms. The Hall–Kier alpha value is -3.30. The third kappa shape index (κ3) is 3.85. The van der Waals surface area contributed by atoms with Crippen molar-refractivity contribution in [3.8, 4) is 5.69 Å². The fourth-order valence-electron chi connectivity index (χ4n) is 4.04. The highest BCUT2D eigenvalue weighted by Crippen LogP contribution is 2.18. The van der Waals surface area contributed by atoms with Crippen molar-refractivity contribution >= 4 is 22.2 Å². The molecule has 4 aromatic rings. The zero-order valence-electron chi connectivity index (χ0n) is 18.1. The van der Waals surface area contributed by atoms with Crippen LogP contribution in [-0.2, 0) is 6.54 Å². The smallest absolute Gasteiger partial charge is 0.258 e. The largest absolute Gasteiger partial charge is 0.336 e. The number of rotatable bonds is 4. The maximum absolute atomic E-state index is 13.1. The standard InChI is InChI=1S/C23H24N6O2S/c1-16-3-5-19(6-4-16)29-17(2)20(14-24-29)22(31)27-9-7-26(8-10-27)15-18-13-21(30)28-11-12-32-23(28)25-18/h3-6,11-14H,7-10,15H2,1-2H3. The van der Waals surface area contributed by atoms with Gasteiger partial charge in [0, 0.05) is 50.4 Å². The van der Waals surface area contributed by atoms with E-state index in [1.54, 1.807) is 22.9 Å². The maximum atomic E-state index is 13.1. The lowest BCUT2D eigenvalue weighted by Gasteiger charge is -2.34. The monoisotopic (exact) mass is 448 g/mol. The summed E-state index contributed by atoms with van der Waals surface area (Å²) in [4.78, 5) is 34.8. The molecule has 1 amide bonds. The fourth-order valence-corrected chi connectivity index (χ4v) is 4.78. The van der Waals surface area contributed by atoms with E-state index in [4.69, 9.17) is 0 Å². The van der Waals surface area contributed by atoms with Crippen LogP contribution in [0.4, 0.5) is 0 Å². The summed E-state index contributed by atoms with van der Waals surface area (Å²) in [7, 11) is 0. The summed E-state index contributed by atoms with van der Waals surface area (Å²) in [6.07, 6.45) is 3.41. The predicted molar refractivity (Wildman–Crippen MR) is 124 cm³/mol. The molecule has 0 N–H and O–H groups in total. The summed E-state index contributed by atoms with van der Waals surface area (Å²) in [6.45, 7) is 7.33. The minimum atomic E-state index is -0.0545. The number of aromatic nitrogens is 4. The lowest BCUT2D eigenvalue weighted by molar-refractivity contribution is 0.0626. The summed E-state index contributed by atoms with van der Waals surface area (Å²) in [6, 6.07) is 9.69. The molecule has 0 atom stereocenters. The van der Waals surface area contributed by atoms with Gasteiger partial charge in [-0.2, -0.15) is 5.10 Å². The molecule has 0 aliphatic carbocycles. The molecule has 0 radical (unpaired) electrons. The SMILES string of the molecule is Cc1ccc(-n2ncc(C(=O)N3CCN(Cc4cc(=O)n5ccsc5n4)CC3)c2C)cc1. The van der Waals surface area contributed by atoms with Crippen LogP contribution in [0.5, 0.6) is 0 Å². The van der Waals surface area contributed by atoms with E-state index in [9.17, 15) is 9.59 Å². The number of thiazole rings is 1. The van der Waals surface area contributed by atoms with Gasteiger partial charge in [0.2, 0.25) is 0 Å². The number of amides is 1. The first-order valence-electron chi connectivity index (χ1n) is 10.6. The molecule has 0 bridgehead atoms. The van der Waals surface area contributed by atoms with Gasteiger partial charge < -0.3 is 4.90 Å². The van der Waals surface area contributed by atoms with Crippen LogP contribution in [0, 0.1) is 13.8 Å². The van der Waals surface area contributed by atoms with Gasteiger partial charge in [-0.25, -0.2) is 9.67 Å². The summed E-state index contributed by atoms with van der Waals surface area (Å²) < 4.78 is 3.37. The van der Waals surface area contributed by atoms with E-state index in [-0.39, 0.29) is 11.5 Å². The van der Waals surface area contributed by atoms with Gasteiger partial charge in [0.05, 0.1) is 28.8 Å². The van der Waals surface area contributed by atoms with Gasteiger partial charge >= 0.3 is 0 Å². The number of nitrogens with zero attached hydrogens (tertiary/aromatic N) is 6. The van der Waals surface area contributed by atoms with Crippen LogP contribution in [0.1, 0.15) is 27.3 Å². The molecule has 32 heavy (non-hydrogen) atoms. The Morgan fingerprint density at radius 2 is 1.84 bits per heavy atom. The van der Waals surface area contributed by atoms with Crippen molar-refractivity contribution < 1.29 is 4.79 Å². The number of fused-ring (bicyclic) bond motifs is 1. The van der Waals surface area contributed by atoms with E-state index in [2.05, 4.69) is 15.0 Å². The van der Waals surface area contributed by atoms with Crippen molar-refractivity contribution in [1.82, 2.24) is 29.0 Å². The zero-order chi connectivity index (χ0) is 22.2. The number of benzene rings is 1. The molecule has 4 heterocycles. The fraction of sp³-hybridized carbons (Fsp3) is 0.304. The molecule has 1 fully saturated rings. The molecule has 1 aliphatic rings. The Morgan fingerprint density at radius 1 is 1.09 bits per heavy atom. The lowest BCUT2D eigenvalue weighted by Crippen LogP contribution is -2.48. The second-order valence-electron chi connectivity index (χ2n) is 8.10. The highest BCUT2D eigenvalue weighted by atomic mass is 32.1. The second-order valence-corrected chi connectivity index (χ2v) is 8.97. The van der Waals surface area contributed by atoms with Crippen LogP contribution in [-0.4, -0.2) is 61.1 Å². The molecule has 0 saturated carbocycles. The van der Waals surface area contributed by atoms with Gasteiger partial charge in [-0.05, 0) is 26.0 Å². The number of piperazine rings is 1. The third-order valence-corrected chi connectivity index (χ3v) is 6.68. The molecule has 1 saturated heterocycles. The third-order valence-electron chi connectivity index (χ3n) is 5.92. The highest BCUT2D eigenvalue weighted by Gasteiger charge is 2.25. The van der Waals surface area contributed by atoms with E-state index >= 15 is 0 Å². The first-order valence-corrected chi connectivity index (χ1v) is 11.5. The summed E-state index contributed by atoms with van der Waals surface area (Å²) in [5.74, 6) is 0.0110. The van der Waals surface area contributed by atoms with Gasteiger partial charge in [-0.15, -0.1) is 11.3 Å². The minimum absolute atomic E-state index is 0.0110. The van der Waals surface area contributed by atoms with Gasteiger partial charge in [-0.1, -0.05) is 17.7 Å². The topological polar surface area (TPSA) is 75.7 Å². The Morgan fingerprint density at radius 3 is 2.59 bits per heavy atom. The summed E-state index contributed by atoms with van der Waals surface area (Å²) in [5, 5.41) is 6.31. The number of hydrogen-bond donors (Lipinski definition) is 0. The van der Waals surface area contributed by atoms with Crippen LogP contribution >= 0.6 is 11.3 Å². The number of hydrogen-bond acceptors (Lipinski definition) is 6. The Bertz CT molecular complexity index is 1330. The average Bonchev–Trinajstić information content (AvgIpc) is 3.41. The molecule has 5 rings (SSSR count). The van der Waals surface area contributed by atoms with Gasteiger partial charge in [-0.3, -0.25) is 18.9 Å². The molecule has 3 aromatic heterocycles. The van der Waals surface area contributed by atoms with Crippen molar-refractivity contribution in [2.24, 2.45) is 0 Å². The zero-order valence-corrected chi connectivity index (χ0v) is 18.9. The van der Waals surface area contributed by atoms with E-state index in [1.807, 2.05) is 53.1 Å². The molecule has 1 aromatic carbocycles. The van der Waals surface area contributed by atoms with Crippen LogP contribution in [0.15, 0.2) is 52.9 Å². The van der Waals surface area contributed by atoms with Crippen molar-refractivity contribution in [2.75, 3.05) is 26.2 Å². The number of carbonyl (C=O) groups is 1. The van der Waals surface area contributed by atoms with Crippen LogP contribution in [0.2, 0.25) is 0 Å². The lowest BCUT2D eigenvalue weighted by atomic mass is 10.2. The molecule has 164 valence electrons. The first kappa shape index (κ1) is 20.6. The normalized spacial score (nSPS) is 14.9. The number of carbonyl (C=O) groups excluding carboxylic acids is 1. The second kappa shape index (κ2) is 8.33. The average molecular weight is 449 g/mol. The van der Waals surface area contributed by atoms with Crippen molar-refractivity contribution in [1.29, 1.82) is 0 Å². The Balaban J connectivity index is 1.24. The summed E-state index contributed by atoms with van der Waals surface area (Å²) in [5.41, 5.74) is 4.33. The van der Waals surface area contributed by atoms with Gasteiger partial charge in [0.25, 0.3) is 11.5 Å². The quantitative estimate of drug-likeness (QED) is 0.480. The number of aryl methyl sites for hydroxylation is 1. The minimum Gasteiger partial charge on any atom is -0.336 e. The maximum Gasteiger partial charge on any atom is 0.258 e. The van der Waals surface area contributed by atoms with Crippen molar-refractivity contribution in [2.45, 2.75) is 20.4 Å². The van der Waals surface area contributed by atoms with E-state index in [1.165, 1.54) is 16.9 Å². The summed E-state index contributed by atoms with van der Waals surface area (Å²) >= 11 is 1.45. The Kier molecular flexibility index (Phi) is 5.36. The van der Waals surface area contributed by atoms with Crippen molar-refractivity contribution in [3.05, 3.63) is 81.0 Å². The van der Waals surface area contributed by atoms with E-state index in [0.717, 1.165) is 30.2 Å². The van der Waals surface area contributed by atoms with Gasteiger partial charge in [0.15, 0.2) is 4.96 Å². The molecular weight excluding hydrogens is 424 g/mol. The van der Waals surface area contributed by atoms with E-state index in [0.29, 0.717) is 30.2 Å². The highest BCUT2D eigenvalue weighted by molar-refractivity contribution is 7.15.